The second kappa shape index (κ2) is 14.2. The van der Waals surface area contributed by atoms with Gasteiger partial charge < -0.3 is 5.32 Å². The zero-order valence-corrected chi connectivity index (χ0v) is 24.4. The summed E-state index contributed by atoms with van der Waals surface area (Å²) in [5.41, 5.74) is 7.64. The van der Waals surface area contributed by atoms with E-state index < -0.39 is 5.67 Å². The van der Waals surface area contributed by atoms with Crippen molar-refractivity contribution in [3.63, 3.8) is 0 Å². The van der Waals surface area contributed by atoms with Crippen LogP contribution in [0, 0.1) is 11.8 Å². The van der Waals surface area contributed by atoms with Crippen LogP contribution >= 0.6 is 11.8 Å². The molecule has 0 aromatic heterocycles. The number of thioether (sulfide) groups is 1. The van der Waals surface area contributed by atoms with Gasteiger partial charge in [0.1, 0.15) is 5.67 Å². The highest BCUT2D eigenvalue weighted by atomic mass is 32.2. The fourth-order valence-corrected chi connectivity index (χ4v) is 5.35. The van der Waals surface area contributed by atoms with E-state index in [0.29, 0.717) is 11.8 Å². The van der Waals surface area contributed by atoms with E-state index in [-0.39, 0.29) is 0 Å². The second-order valence-corrected chi connectivity index (χ2v) is 11.0. The zero-order chi connectivity index (χ0) is 26.1. The van der Waals surface area contributed by atoms with E-state index in [4.69, 9.17) is 0 Å². The minimum Gasteiger partial charge on any atom is -0.353 e. The highest BCUT2D eigenvalue weighted by Gasteiger charge is 2.25. The van der Waals surface area contributed by atoms with Gasteiger partial charge in [0, 0.05) is 5.70 Å². The van der Waals surface area contributed by atoms with Crippen molar-refractivity contribution in [3.8, 4) is 0 Å². The van der Waals surface area contributed by atoms with Crippen molar-refractivity contribution >= 4 is 11.8 Å². The van der Waals surface area contributed by atoms with E-state index in [2.05, 4.69) is 71.0 Å². The SMILES string of the molecule is C=C(C)/C(=C(/NC1=CC=C(CC2=C(C)CCC(C(C)(C)F)=C2)CC1)SC)C(C)C(C)CC.CC. The first-order valence-electron chi connectivity index (χ1n) is 13.2. The van der Waals surface area contributed by atoms with Gasteiger partial charge in [0.05, 0.1) is 5.03 Å². The van der Waals surface area contributed by atoms with Crippen molar-refractivity contribution in [2.45, 2.75) is 107 Å². The van der Waals surface area contributed by atoms with E-state index in [1.165, 1.54) is 39.4 Å². The summed E-state index contributed by atoms with van der Waals surface area (Å²) in [6, 6.07) is 0. The van der Waals surface area contributed by atoms with Gasteiger partial charge in [-0.25, -0.2) is 4.39 Å². The molecule has 2 atom stereocenters. The van der Waals surface area contributed by atoms with Crippen molar-refractivity contribution in [1.29, 1.82) is 0 Å². The molecule has 0 amide bonds. The summed E-state index contributed by atoms with van der Waals surface area (Å²) in [6.45, 7) is 22.9. The smallest absolute Gasteiger partial charge is 0.126 e. The molecule has 2 unspecified atom stereocenters. The summed E-state index contributed by atoms with van der Waals surface area (Å²) in [4.78, 5) is 0. The number of allylic oxidation sites excluding steroid dienone is 10. The molecule has 0 saturated heterocycles. The molecule has 1 nitrogen and oxygen atoms in total. The number of alkyl halides is 1. The monoisotopic (exact) mass is 487 g/mol. The predicted octanol–water partition coefficient (Wildman–Crippen LogP) is 10.2. The lowest BCUT2D eigenvalue weighted by Gasteiger charge is -2.27. The van der Waals surface area contributed by atoms with E-state index in [1.807, 2.05) is 13.8 Å². The van der Waals surface area contributed by atoms with E-state index in [1.54, 1.807) is 25.6 Å². The molecule has 0 aromatic carbocycles. The molecule has 0 saturated carbocycles. The van der Waals surface area contributed by atoms with Crippen molar-refractivity contribution in [2.24, 2.45) is 11.8 Å². The van der Waals surface area contributed by atoms with Gasteiger partial charge >= 0.3 is 0 Å². The molecular weight excluding hydrogens is 437 g/mol. The maximum atomic E-state index is 14.5. The molecule has 3 heteroatoms. The molecule has 2 rings (SSSR count). The van der Waals surface area contributed by atoms with Gasteiger partial charge in [-0.2, -0.15) is 0 Å². The standard InChI is InChI=1S/C29H44FNS.C2H6/c1-10-20(4)22(6)27(19(2)3)28(32-9)31-26-15-12-23(13-16-26)17-24-18-25(29(7,8)30)14-11-21(24)5;1-2/h12,15,18,20,22,31H,2,10-11,13-14,16-17H2,1,3-9H3;1-2H3/b28-27+;. The summed E-state index contributed by atoms with van der Waals surface area (Å²) < 4.78 is 14.5. The third-order valence-electron chi connectivity index (χ3n) is 7.22. The van der Waals surface area contributed by atoms with Crippen LogP contribution in [-0.4, -0.2) is 11.9 Å². The molecule has 0 aliphatic heterocycles. The largest absolute Gasteiger partial charge is 0.353 e. The fraction of sp³-hybridized carbons (Fsp3) is 0.613. The first kappa shape index (κ1) is 30.6. The Morgan fingerprint density at radius 3 is 2.26 bits per heavy atom. The van der Waals surface area contributed by atoms with Gasteiger partial charge in [0.2, 0.25) is 0 Å². The molecule has 0 spiro atoms. The number of halogens is 1. The topological polar surface area (TPSA) is 12.0 Å². The van der Waals surface area contributed by atoms with Crippen LogP contribution in [0.1, 0.15) is 101 Å². The Morgan fingerprint density at radius 2 is 1.79 bits per heavy atom. The summed E-state index contributed by atoms with van der Waals surface area (Å²) in [6.07, 6.45) is 14.8. The maximum Gasteiger partial charge on any atom is 0.126 e. The average molecular weight is 488 g/mol. The van der Waals surface area contributed by atoms with E-state index in [0.717, 1.165) is 43.3 Å². The van der Waals surface area contributed by atoms with Crippen molar-refractivity contribution in [1.82, 2.24) is 5.32 Å². The minimum absolute atomic E-state index is 0.477. The third-order valence-corrected chi connectivity index (χ3v) is 7.95. The van der Waals surface area contributed by atoms with Crippen LogP contribution in [0.25, 0.3) is 0 Å². The number of nitrogens with one attached hydrogen (secondary N) is 1. The van der Waals surface area contributed by atoms with Gasteiger partial charge in [-0.15, -0.1) is 11.8 Å². The highest BCUT2D eigenvalue weighted by Crippen LogP contribution is 2.37. The van der Waals surface area contributed by atoms with Crippen LogP contribution in [-0.2, 0) is 0 Å². The Hall–Kier alpha value is -1.48. The predicted molar refractivity (Wildman–Crippen MR) is 154 cm³/mol. The molecule has 1 N–H and O–H groups in total. The highest BCUT2D eigenvalue weighted by molar-refractivity contribution is 8.02. The summed E-state index contributed by atoms with van der Waals surface area (Å²) >= 11 is 1.78. The lowest BCUT2D eigenvalue weighted by molar-refractivity contribution is 0.260. The number of rotatable bonds is 10. The fourth-order valence-electron chi connectivity index (χ4n) is 4.54. The van der Waals surface area contributed by atoms with E-state index in [9.17, 15) is 4.39 Å². The van der Waals surface area contributed by atoms with Crippen molar-refractivity contribution in [2.75, 3.05) is 6.26 Å². The van der Waals surface area contributed by atoms with Crippen LogP contribution in [0.4, 0.5) is 4.39 Å². The first-order valence-corrected chi connectivity index (χ1v) is 14.4. The molecule has 2 aliphatic rings. The number of hydrogen-bond acceptors (Lipinski definition) is 2. The van der Waals surface area contributed by atoms with Gasteiger partial charge in [-0.3, -0.25) is 0 Å². The Balaban J connectivity index is 0.00000281. The Morgan fingerprint density at radius 1 is 1.15 bits per heavy atom. The molecular formula is C31H50FNS. The Bertz CT molecular complexity index is 860. The molecule has 34 heavy (non-hydrogen) atoms. The lowest BCUT2D eigenvalue weighted by Crippen LogP contribution is -2.20. The molecule has 0 heterocycles. The van der Waals surface area contributed by atoms with Crippen LogP contribution in [0.2, 0.25) is 0 Å². The normalized spacial score (nSPS) is 19.1. The second-order valence-electron chi connectivity index (χ2n) is 10.2. The zero-order valence-electron chi connectivity index (χ0n) is 23.6. The van der Waals surface area contributed by atoms with Crippen LogP contribution in [0.3, 0.4) is 0 Å². The molecule has 192 valence electrons. The minimum atomic E-state index is -1.22. The quantitative estimate of drug-likeness (QED) is 0.308. The molecule has 0 bridgehead atoms. The first-order chi connectivity index (χ1) is 16.0. The van der Waals surface area contributed by atoms with Gasteiger partial charge in [0.15, 0.2) is 0 Å². The third kappa shape index (κ3) is 8.63. The summed E-state index contributed by atoms with van der Waals surface area (Å²) in [5.74, 6) is 1.10. The van der Waals surface area contributed by atoms with Crippen LogP contribution in [0.5, 0.6) is 0 Å². The molecule has 0 radical (unpaired) electrons. The molecule has 0 aromatic rings. The summed E-state index contributed by atoms with van der Waals surface area (Å²) in [7, 11) is 0. The molecule has 0 fully saturated rings. The van der Waals surface area contributed by atoms with Crippen molar-refractivity contribution in [3.05, 3.63) is 69.0 Å². The van der Waals surface area contributed by atoms with E-state index >= 15 is 0 Å². The maximum absolute atomic E-state index is 14.5. The van der Waals surface area contributed by atoms with Crippen molar-refractivity contribution < 1.29 is 4.39 Å². The van der Waals surface area contributed by atoms with Gasteiger partial charge in [-0.1, -0.05) is 76.5 Å². The van der Waals surface area contributed by atoms with Gasteiger partial charge in [-0.05, 0) is 101 Å². The van der Waals surface area contributed by atoms with Crippen LogP contribution < -0.4 is 5.32 Å². The Labute approximate surface area is 214 Å². The number of hydrogen-bond donors (Lipinski definition) is 1. The summed E-state index contributed by atoms with van der Waals surface area (Å²) in [5, 5.41) is 4.96. The lowest BCUT2D eigenvalue weighted by atomic mass is 9.83. The molecule has 2 aliphatic carbocycles. The Kier molecular flexibility index (Phi) is 12.7. The van der Waals surface area contributed by atoms with Crippen LogP contribution in [0.15, 0.2) is 69.0 Å². The average Bonchev–Trinajstić information content (AvgIpc) is 2.80. The van der Waals surface area contributed by atoms with Gasteiger partial charge in [0.25, 0.3) is 0 Å².